The number of sulfonamides is 1. The van der Waals surface area contributed by atoms with Crippen LogP contribution in [0.5, 0.6) is 0 Å². The van der Waals surface area contributed by atoms with Crippen LogP contribution in [0.25, 0.3) is 0 Å². The van der Waals surface area contributed by atoms with Crippen LogP contribution in [0.1, 0.15) is 24.3 Å². The highest BCUT2D eigenvalue weighted by atomic mass is 32.2. The summed E-state index contributed by atoms with van der Waals surface area (Å²) < 4.78 is 57.2. The van der Waals surface area contributed by atoms with Crippen LogP contribution < -0.4 is 0 Å². The van der Waals surface area contributed by atoms with Crippen LogP contribution in [0.15, 0.2) is 44.6 Å². The summed E-state index contributed by atoms with van der Waals surface area (Å²) >= 11 is 0. The number of sulfone groups is 1. The van der Waals surface area contributed by atoms with Crippen molar-refractivity contribution in [2.24, 2.45) is 0 Å². The van der Waals surface area contributed by atoms with Crippen molar-refractivity contribution in [2.45, 2.75) is 41.7 Å². The Balaban J connectivity index is 1.79. The molecule has 0 saturated carbocycles. The average Bonchev–Trinajstić information content (AvgIpc) is 2.95. The maximum Gasteiger partial charge on any atom is 0.248 e. The summed E-state index contributed by atoms with van der Waals surface area (Å²) in [5.41, 5.74) is 0.316. The van der Waals surface area contributed by atoms with Crippen molar-refractivity contribution >= 4 is 19.9 Å². The summed E-state index contributed by atoms with van der Waals surface area (Å²) in [5, 5.41) is 3.12. The highest BCUT2D eigenvalue weighted by molar-refractivity contribution is 7.92. The molecule has 0 radical (unpaired) electrons. The predicted molar refractivity (Wildman–Crippen MR) is 91.4 cm³/mol. The fourth-order valence-corrected chi connectivity index (χ4v) is 6.67. The van der Waals surface area contributed by atoms with E-state index in [2.05, 4.69) is 5.16 Å². The lowest BCUT2D eigenvalue weighted by Gasteiger charge is -2.30. The summed E-state index contributed by atoms with van der Waals surface area (Å²) in [5.74, 6) is 0.247. The van der Waals surface area contributed by atoms with Gasteiger partial charge < -0.3 is 4.52 Å². The van der Waals surface area contributed by atoms with Gasteiger partial charge in [-0.15, -0.1) is 0 Å². The van der Waals surface area contributed by atoms with Gasteiger partial charge in [0.05, 0.1) is 10.1 Å². The van der Waals surface area contributed by atoms with Gasteiger partial charge in [-0.3, -0.25) is 0 Å². The topological polar surface area (TPSA) is 97.6 Å². The Kier molecular flexibility index (Phi) is 4.74. The molecule has 0 N–H and O–H groups in total. The minimum Gasteiger partial charge on any atom is -0.360 e. The van der Waals surface area contributed by atoms with Gasteiger partial charge in [-0.05, 0) is 38.8 Å². The minimum absolute atomic E-state index is 0.0804. The third-order valence-electron chi connectivity index (χ3n) is 4.48. The van der Waals surface area contributed by atoms with Crippen LogP contribution in [-0.2, 0) is 19.9 Å². The fraction of sp³-hybridized carbons (Fsp3) is 0.438. The van der Waals surface area contributed by atoms with E-state index in [9.17, 15) is 16.8 Å². The van der Waals surface area contributed by atoms with Crippen molar-refractivity contribution in [3.63, 3.8) is 0 Å². The first-order valence-corrected chi connectivity index (χ1v) is 10.9. The van der Waals surface area contributed by atoms with E-state index < -0.39 is 25.1 Å². The lowest BCUT2D eigenvalue weighted by Crippen LogP contribution is -2.42. The van der Waals surface area contributed by atoms with E-state index in [4.69, 9.17) is 4.52 Å². The number of rotatable bonds is 4. The Labute approximate surface area is 147 Å². The molecule has 1 aliphatic rings. The van der Waals surface area contributed by atoms with E-state index in [1.165, 1.54) is 4.31 Å². The van der Waals surface area contributed by atoms with E-state index >= 15 is 0 Å². The molecular formula is C16H20N2O5S2. The molecule has 0 unspecified atom stereocenters. The third kappa shape index (κ3) is 3.23. The van der Waals surface area contributed by atoms with Crippen molar-refractivity contribution in [1.82, 2.24) is 9.46 Å². The number of aromatic nitrogens is 1. The molecule has 0 amide bonds. The summed E-state index contributed by atoms with van der Waals surface area (Å²) in [4.78, 5) is 0.360. The molecule has 0 aliphatic carbocycles. The van der Waals surface area contributed by atoms with Gasteiger partial charge >= 0.3 is 0 Å². The molecule has 1 saturated heterocycles. The summed E-state index contributed by atoms with van der Waals surface area (Å²) in [6, 6.07) is 8.27. The Morgan fingerprint density at radius 3 is 2.16 bits per heavy atom. The SMILES string of the molecule is Cc1noc(C)c1S(=O)(=O)N1CCC(S(=O)(=O)c2ccccc2)CC1. The molecule has 1 fully saturated rings. The lowest BCUT2D eigenvalue weighted by atomic mass is 10.2. The van der Waals surface area contributed by atoms with Crippen LogP contribution in [0, 0.1) is 13.8 Å². The van der Waals surface area contributed by atoms with Gasteiger partial charge in [-0.1, -0.05) is 23.4 Å². The van der Waals surface area contributed by atoms with Gasteiger partial charge in [0.1, 0.15) is 10.6 Å². The van der Waals surface area contributed by atoms with Crippen LogP contribution >= 0.6 is 0 Å². The number of aryl methyl sites for hydroxylation is 2. The zero-order chi connectivity index (χ0) is 18.2. The van der Waals surface area contributed by atoms with Gasteiger partial charge in [-0.2, -0.15) is 4.31 Å². The molecule has 0 bridgehead atoms. The number of hydrogen-bond acceptors (Lipinski definition) is 6. The van der Waals surface area contributed by atoms with Crippen LogP contribution in [0.2, 0.25) is 0 Å². The van der Waals surface area contributed by atoms with E-state index in [1.54, 1.807) is 44.2 Å². The first kappa shape index (κ1) is 18.1. The summed E-state index contributed by atoms with van der Waals surface area (Å²) in [6.07, 6.45) is 0.527. The molecule has 25 heavy (non-hydrogen) atoms. The van der Waals surface area contributed by atoms with E-state index in [1.807, 2.05) is 0 Å². The van der Waals surface area contributed by atoms with Gasteiger partial charge in [-0.25, -0.2) is 16.8 Å². The summed E-state index contributed by atoms with van der Waals surface area (Å²) in [6.45, 7) is 3.45. The van der Waals surface area contributed by atoms with Crippen molar-refractivity contribution in [3.8, 4) is 0 Å². The maximum absolute atomic E-state index is 12.8. The highest BCUT2D eigenvalue weighted by Gasteiger charge is 2.37. The van der Waals surface area contributed by atoms with Crippen LogP contribution in [0.4, 0.5) is 0 Å². The predicted octanol–water partition coefficient (Wildman–Crippen LogP) is 1.92. The van der Waals surface area contributed by atoms with Crippen molar-refractivity contribution in [3.05, 3.63) is 41.8 Å². The Morgan fingerprint density at radius 2 is 1.64 bits per heavy atom. The average molecular weight is 384 g/mol. The van der Waals surface area contributed by atoms with Crippen molar-refractivity contribution in [1.29, 1.82) is 0 Å². The molecule has 7 nitrogen and oxygen atoms in total. The van der Waals surface area contributed by atoms with Gasteiger partial charge in [0, 0.05) is 13.1 Å². The Morgan fingerprint density at radius 1 is 1.04 bits per heavy atom. The molecule has 3 rings (SSSR count). The molecule has 1 aromatic carbocycles. The second-order valence-electron chi connectivity index (χ2n) is 6.11. The van der Waals surface area contributed by atoms with Gasteiger partial charge in [0.25, 0.3) is 0 Å². The number of piperidine rings is 1. The quantitative estimate of drug-likeness (QED) is 0.799. The highest BCUT2D eigenvalue weighted by Crippen LogP contribution is 2.29. The third-order valence-corrected chi connectivity index (χ3v) is 8.90. The number of benzene rings is 1. The Bertz CT molecular complexity index is 938. The second-order valence-corrected chi connectivity index (χ2v) is 10.2. The van der Waals surface area contributed by atoms with E-state index in [-0.39, 0.29) is 41.5 Å². The molecule has 1 aliphatic heterocycles. The largest absolute Gasteiger partial charge is 0.360 e. The van der Waals surface area contributed by atoms with Gasteiger partial charge in [0.15, 0.2) is 15.6 Å². The molecule has 1 aromatic heterocycles. The molecule has 2 heterocycles. The van der Waals surface area contributed by atoms with Crippen molar-refractivity contribution in [2.75, 3.05) is 13.1 Å². The molecule has 9 heteroatoms. The number of hydrogen-bond donors (Lipinski definition) is 0. The second kappa shape index (κ2) is 6.54. The molecular weight excluding hydrogens is 364 g/mol. The number of nitrogens with zero attached hydrogens (tertiary/aromatic N) is 2. The standard InChI is InChI=1S/C16H20N2O5S2/c1-12-16(13(2)23-17-12)25(21,22)18-10-8-15(9-11-18)24(19,20)14-6-4-3-5-7-14/h3-7,15H,8-11H2,1-2H3. The van der Waals surface area contributed by atoms with Crippen molar-refractivity contribution < 1.29 is 21.4 Å². The Hall–Kier alpha value is -1.71. The molecule has 2 aromatic rings. The fourth-order valence-electron chi connectivity index (χ4n) is 3.16. The molecule has 0 spiro atoms. The first-order chi connectivity index (χ1) is 11.7. The van der Waals surface area contributed by atoms with Gasteiger partial charge in [0.2, 0.25) is 10.0 Å². The zero-order valence-electron chi connectivity index (χ0n) is 14.0. The van der Waals surface area contributed by atoms with E-state index in [0.29, 0.717) is 5.69 Å². The normalized spacial score (nSPS) is 17.7. The monoisotopic (exact) mass is 384 g/mol. The first-order valence-electron chi connectivity index (χ1n) is 7.96. The van der Waals surface area contributed by atoms with Crippen LogP contribution in [0.3, 0.4) is 0 Å². The zero-order valence-corrected chi connectivity index (χ0v) is 15.7. The van der Waals surface area contributed by atoms with E-state index in [0.717, 1.165) is 0 Å². The lowest BCUT2D eigenvalue weighted by molar-refractivity contribution is 0.344. The summed E-state index contributed by atoms with van der Waals surface area (Å²) in [7, 11) is -7.18. The molecule has 0 atom stereocenters. The maximum atomic E-state index is 12.8. The minimum atomic E-state index is -3.73. The molecule has 136 valence electrons. The van der Waals surface area contributed by atoms with Crippen LogP contribution in [-0.4, -0.2) is 44.6 Å². The smallest absolute Gasteiger partial charge is 0.248 e.